The van der Waals surface area contributed by atoms with Crippen LogP contribution in [0.3, 0.4) is 0 Å². The van der Waals surface area contributed by atoms with E-state index < -0.39 is 0 Å². The van der Waals surface area contributed by atoms with Gasteiger partial charge in [-0.15, -0.1) is 12.4 Å². The Kier molecular flexibility index (Phi) is 7.30. The van der Waals surface area contributed by atoms with Gasteiger partial charge in [0, 0.05) is 31.1 Å². The third-order valence-electron chi connectivity index (χ3n) is 6.52. The molecule has 0 saturated carbocycles. The Morgan fingerprint density at radius 2 is 1.93 bits per heavy atom. The smallest absolute Gasteiger partial charge is 0.161 e. The van der Waals surface area contributed by atoms with Crippen LogP contribution in [0.2, 0.25) is 0 Å². The van der Waals surface area contributed by atoms with Crippen molar-refractivity contribution in [1.82, 2.24) is 4.90 Å². The molecule has 0 bridgehead atoms. The molecule has 164 valence electrons. The average molecular weight is 433 g/mol. The molecule has 2 heterocycles. The minimum atomic E-state index is -0.00867. The molecule has 4 rings (SSSR count). The zero-order valence-electron chi connectivity index (χ0n) is 18.1. The summed E-state index contributed by atoms with van der Waals surface area (Å²) in [6, 6.07) is 11.3. The number of aryl methyl sites for hydroxylation is 2. The number of ether oxygens (including phenoxy) is 2. The van der Waals surface area contributed by atoms with Crippen molar-refractivity contribution in [2.24, 2.45) is 5.73 Å². The van der Waals surface area contributed by atoms with Gasteiger partial charge in [-0.2, -0.15) is 0 Å². The molecule has 3 N–H and O–H groups in total. The first kappa shape index (κ1) is 22.9. The first-order valence-electron chi connectivity index (χ1n) is 10.5. The quantitative estimate of drug-likeness (QED) is 0.756. The maximum atomic E-state index is 9.08. The highest BCUT2D eigenvalue weighted by Gasteiger charge is 2.39. The monoisotopic (exact) mass is 432 g/mol. The summed E-state index contributed by atoms with van der Waals surface area (Å²) in [4.78, 5) is 2.59. The van der Waals surface area contributed by atoms with E-state index in [0.717, 1.165) is 31.7 Å². The van der Waals surface area contributed by atoms with Crippen molar-refractivity contribution in [3.63, 3.8) is 0 Å². The number of nitrogens with two attached hydrogens (primary N) is 1. The number of fused-ring (bicyclic) bond motifs is 3. The molecule has 5 nitrogen and oxygen atoms in total. The molecule has 2 aliphatic heterocycles. The number of piperidine rings is 1. The number of aliphatic hydroxyl groups is 1. The van der Waals surface area contributed by atoms with Crippen LogP contribution < -0.4 is 15.2 Å². The van der Waals surface area contributed by atoms with Crippen LogP contribution in [0.5, 0.6) is 11.5 Å². The summed E-state index contributed by atoms with van der Waals surface area (Å²) in [5.74, 6) is 1.80. The van der Waals surface area contributed by atoms with E-state index in [1.807, 2.05) is 0 Å². The lowest BCUT2D eigenvalue weighted by molar-refractivity contribution is 0.109. The average Bonchev–Trinajstić information content (AvgIpc) is 2.72. The van der Waals surface area contributed by atoms with Crippen LogP contribution in [0.15, 0.2) is 30.3 Å². The molecule has 2 aromatic rings. The predicted molar refractivity (Wildman–Crippen MR) is 122 cm³/mol. The van der Waals surface area contributed by atoms with Crippen molar-refractivity contribution < 1.29 is 14.6 Å². The number of hydrogen-bond donors (Lipinski definition) is 2. The van der Waals surface area contributed by atoms with Crippen molar-refractivity contribution in [3.8, 4) is 11.5 Å². The third-order valence-corrected chi connectivity index (χ3v) is 6.52. The fourth-order valence-corrected chi connectivity index (χ4v) is 4.98. The lowest BCUT2D eigenvalue weighted by Gasteiger charge is -2.46. The molecule has 1 saturated heterocycles. The molecule has 0 aromatic heterocycles. The zero-order chi connectivity index (χ0) is 20.5. The molecule has 2 aromatic carbocycles. The van der Waals surface area contributed by atoms with Crippen molar-refractivity contribution in [2.45, 2.75) is 44.7 Å². The van der Waals surface area contributed by atoms with Gasteiger partial charge in [-0.1, -0.05) is 23.8 Å². The summed E-state index contributed by atoms with van der Waals surface area (Å²) in [6.07, 6.45) is 1.92. The number of benzene rings is 2. The number of rotatable bonds is 5. The standard InChI is InChI=1S/C24H32N2O3.ClH/c1-15-4-5-16(2)18(10-15)20-14-26-7-6-17-11-24(29-9-8-27)23(28-3)12-19(17)22(26)13-21(20)25;/h4-5,10-12,20-22,27H,6-9,13-14,25H2,1-3H3;1H/t20-,21+,22+;/m0./s1. The van der Waals surface area contributed by atoms with E-state index in [0.29, 0.717) is 17.7 Å². The molecule has 0 radical (unpaired) electrons. The van der Waals surface area contributed by atoms with Crippen molar-refractivity contribution in [1.29, 1.82) is 0 Å². The first-order chi connectivity index (χ1) is 14.0. The second-order valence-electron chi connectivity index (χ2n) is 8.40. The number of hydrogen-bond acceptors (Lipinski definition) is 5. The van der Waals surface area contributed by atoms with Gasteiger partial charge in [0.25, 0.3) is 0 Å². The Morgan fingerprint density at radius 1 is 1.13 bits per heavy atom. The molecule has 1 fully saturated rings. The summed E-state index contributed by atoms with van der Waals surface area (Å²) in [7, 11) is 1.66. The maximum Gasteiger partial charge on any atom is 0.161 e. The Balaban J connectivity index is 0.00000256. The van der Waals surface area contributed by atoms with E-state index in [4.69, 9.17) is 20.3 Å². The lowest BCUT2D eigenvalue weighted by Crippen LogP contribution is -2.49. The molecule has 0 spiro atoms. The van der Waals surface area contributed by atoms with Crippen molar-refractivity contribution in [3.05, 3.63) is 58.1 Å². The number of methoxy groups -OCH3 is 1. The van der Waals surface area contributed by atoms with E-state index in [1.165, 1.54) is 27.8 Å². The van der Waals surface area contributed by atoms with Crippen LogP contribution in [-0.4, -0.2) is 49.5 Å². The van der Waals surface area contributed by atoms with Gasteiger partial charge in [-0.25, -0.2) is 0 Å². The van der Waals surface area contributed by atoms with Gasteiger partial charge in [0.1, 0.15) is 6.61 Å². The number of nitrogens with zero attached hydrogens (tertiary/aromatic N) is 1. The number of halogens is 1. The first-order valence-corrected chi connectivity index (χ1v) is 10.5. The second-order valence-corrected chi connectivity index (χ2v) is 8.40. The number of aliphatic hydroxyl groups excluding tert-OH is 1. The Bertz CT molecular complexity index is 889. The summed E-state index contributed by atoms with van der Waals surface area (Å²) >= 11 is 0. The van der Waals surface area contributed by atoms with Gasteiger partial charge in [-0.05, 0) is 61.1 Å². The highest BCUT2D eigenvalue weighted by Crippen LogP contribution is 2.44. The lowest BCUT2D eigenvalue weighted by atomic mass is 9.77. The van der Waals surface area contributed by atoms with E-state index in [2.05, 4.69) is 49.1 Å². The van der Waals surface area contributed by atoms with Crippen molar-refractivity contribution >= 4 is 12.4 Å². The normalized spacial score (nSPS) is 23.2. The maximum absolute atomic E-state index is 9.08. The highest BCUT2D eigenvalue weighted by atomic mass is 35.5. The molecule has 0 unspecified atom stereocenters. The van der Waals surface area contributed by atoms with Gasteiger partial charge in [0.05, 0.1) is 13.7 Å². The molecular weight excluding hydrogens is 400 g/mol. The van der Waals surface area contributed by atoms with E-state index in [9.17, 15) is 0 Å². The van der Waals surface area contributed by atoms with Crippen LogP contribution in [0.1, 0.15) is 46.2 Å². The molecule has 2 aliphatic rings. The van der Waals surface area contributed by atoms with Gasteiger partial charge < -0.3 is 20.3 Å². The Morgan fingerprint density at radius 3 is 2.67 bits per heavy atom. The molecule has 0 amide bonds. The van der Waals surface area contributed by atoms with E-state index >= 15 is 0 Å². The summed E-state index contributed by atoms with van der Waals surface area (Å²) in [6.45, 7) is 6.62. The van der Waals surface area contributed by atoms with Crippen LogP contribution in [0.4, 0.5) is 0 Å². The largest absolute Gasteiger partial charge is 0.493 e. The predicted octanol–water partition coefficient (Wildman–Crippen LogP) is 3.52. The van der Waals surface area contributed by atoms with Crippen LogP contribution in [0.25, 0.3) is 0 Å². The highest BCUT2D eigenvalue weighted by molar-refractivity contribution is 5.85. The molecule has 0 aliphatic carbocycles. The summed E-state index contributed by atoms with van der Waals surface area (Å²) in [5.41, 5.74) is 13.4. The van der Waals surface area contributed by atoms with E-state index in [1.54, 1.807) is 7.11 Å². The molecule has 3 atom stereocenters. The van der Waals surface area contributed by atoms with Gasteiger partial charge in [0.2, 0.25) is 0 Å². The van der Waals surface area contributed by atoms with Gasteiger partial charge in [0.15, 0.2) is 11.5 Å². The Hall–Kier alpha value is -1.79. The van der Waals surface area contributed by atoms with Gasteiger partial charge >= 0.3 is 0 Å². The van der Waals surface area contributed by atoms with Gasteiger partial charge in [-0.3, -0.25) is 4.90 Å². The van der Waals surface area contributed by atoms with Crippen LogP contribution in [-0.2, 0) is 6.42 Å². The van der Waals surface area contributed by atoms with Crippen LogP contribution >= 0.6 is 12.4 Å². The SMILES string of the molecule is COc1cc2c(cc1OCCO)CCN1C[C@@H](c3cc(C)ccc3C)[C@H](N)C[C@H]21.Cl. The minimum absolute atomic E-state index is 0. The fourth-order valence-electron chi connectivity index (χ4n) is 4.98. The zero-order valence-corrected chi connectivity index (χ0v) is 18.9. The second kappa shape index (κ2) is 9.56. The fraction of sp³-hybridized carbons (Fsp3) is 0.500. The summed E-state index contributed by atoms with van der Waals surface area (Å²) < 4.78 is 11.3. The third kappa shape index (κ3) is 4.30. The summed E-state index contributed by atoms with van der Waals surface area (Å²) in [5, 5.41) is 9.08. The minimum Gasteiger partial charge on any atom is -0.493 e. The van der Waals surface area contributed by atoms with E-state index in [-0.39, 0.29) is 31.7 Å². The molecular formula is C24H33ClN2O3. The topological polar surface area (TPSA) is 68.0 Å². The van der Waals surface area contributed by atoms with Crippen LogP contribution in [0, 0.1) is 13.8 Å². The molecule has 30 heavy (non-hydrogen) atoms. The Labute approximate surface area is 185 Å². The van der Waals surface area contributed by atoms with Crippen molar-refractivity contribution in [2.75, 3.05) is 33.4 Å². The molecule has 6 heteroatoms.